The number of nitrogens with one attached hydrogen (secondary N) is 1. The molecule has 30 heavy (non-hydrogen) atoms. The number of sulfone groups is 2. The summed E-state index contributed by atoms with van der Waals surface area (Å²) in [4.78, 5) is -0.430. The molecule has 1 saturated heterocycles. The fourth-order valence-corrected chi connectivity index (χ4v) is 8.87. The van der Waals surface area contributed by atoms with Gasteiger partial charge in [-0.15, -0.1) is 0 Å². The van der Waals surface area contributed by atoms with E-state index < -0.39 is 40.7 Å². The van der Waals surface area contributed by atoms with Crippen LogP contribution in [0.25, 0.3) is 0 Å². The van der Waals surface area contributed by atoms with Crippen LogP contribution in [-0.2, 0) is 36.2 Å². The van der Waals surface area contributed by atoms with Crippen molar-refractivity contribution in [3.8, 4) is 11.5 Å². The predicted octanol–water partition coefficient (Wildman–Crippen LogP) is 0.855. The molecule has 1 atom stereocenters. The zero-order chi connectivity index (χ0) is 21.6. The van der Waals surface area contributed by atoms with Gasteiger partial charge in [-0.3, -0.25) is 0 Å². The maximum absolute atomic E-state index is 12.8. The highest BCUT2D eigenvalue weighted by atomic mass is 32.2. The van der Waals surface area contributed by atoms with Crippen LogP contribution in [0.3, 0.4) is 0 Å². The fraction of sp³-hybridized carbons (Fsp3) is 0.333. The van der Waals surface area contributed by atoms with E-state index in [1.165, 1.54) is 18.2 Å². The van der Waals surface area contributed by atoms with E-state index >= 15 is 0 Å². The van der Waals surface area contributed by atoms with Crippen molar-refractivity contribution in [2.45, 2.75) is 28.0 Å². The van der Waals surface area contributed by atoms with Gasteiger partial charge in [-0.2, -0.15) is 0 Å². The second-order valence-electron chi connectivity index (χ2n) is 7.06. The molecule has 2 heterocycles. The number of rotatable bonds is 6. The average molecular weight is 474 g/mol. The highest BCUT2D eigenvalue weighted by molar-refractivity contribution is 7.96. The number of hydrogen-bond donors (Lipinski definition) is 1. The number of hydrogen-bond acceptors (Lipinski definition) is 8. The van der Waals surface area contributed by atoms with Crippen LogP contribution in [0.2, 0.25) is 0 Å². The maximum Gasteiger partial charge on any atom is 0.240 e. The summed E-state index contributed by atoms with van der Waals surface area (Å²) in [5.41, 5.74) is 0.641. The van der Waals surface area contributed by atoms with E-state index in [1.807, 2.05) is 0 Å². The van der Waals surface area contributed by atoms with Crippen LogP contribution in [0.4, 0.5) is 0 Å². The monoisotopic (exact) mass is 473 g/mol. The molecule has 0 saturated carbocycles. The third-order valence-electron chi connectivity index (χ3n) is 4.98. The van der Waals surface area contributed by atoms with Crippen LogP contribution in [0.5, 0.6) is 11.5 Å². The Morgan fingerprint density at radius 1 is 0.967 bits per heavy atom. The predicted molar refractivity (Wildman–Crippen MR) is 107 cm³/mol. The summed E-state index contributed by atoms with van der Waals surface area (Å²) in [7, 11) is -11.4. The number of fused-ring (bicyclic) bond motifs is 1. The smallest absolute Gasteiger partial charge is 0.240 e. The van der Waals surface area contributed by atoms with Crippen molar-refractivity contribution in [2.75, 3.05) is 18.3 Å². The molecule has 9 nitrogen and oxygen atoms in total. The molecule has 162 valence electrons. The van der Waals surface area contributed by atoms with E-state index in [-0.39, 0.29) is 35.3 Å². The topological polar surface area (TPSA) is 133 Å². The summed E-state index contributed by atoms with van der Waals surface area (Å²) in [5, 5.41) is -1.07. The molecule has 0 amide bonds. The lowest BCUT2D eigenvalue weighted by Gasteiger charge is -2.12. The molecule has 1 N–H and O–H groups in total. The third kappa shape index (κ3) is 4.17. The Kier molecular flexibility index (Phi) is 5.29. The van der Waals surface area contributed by atoms with Crippen LogP contribution in [-0.4, -0.2) is 48.8 Å². The van der Waals surface area contributed by atoms with Gasteiger partial charge in [0.2, 0.25) is 16.8 Å². The van der Waals surface area contributed by atoms with Gasteiger partial charge in [0, 0.05) is 6.54 Å². The molecule has 2 aliphatic heterocycles. The lowest BCUT2D eigenvalue weighted by Crippen LogP contribution is -2.25. The number of benzene rings is 2. The first-order valence-electron chi connectivity index (χ1n) is 8.99. The third-order valence-corrected chi connectivity index (χ3v) is 10.5. The Hall–Kier alpha value is -2.15. The van der Waals surface area contributed by atoms with E-state index in [1.54, 1.807) is 18.2 Å². The lowest BCUT2D eigenvalue weighted by molar-refractivity contribution is 0.174. The number of sulfonamides is 1. The summed E-state index contributed by atoms with van der Waals surface area (Å²) in [6.07, 6.45) is 0.00398. The molecule has 2 aliphatic rings. The van der Waals surface area contributed by atoms with Crippen LogP contribution in [0.1, 0.15) is 12.0 Å². The van der Waals surface area contributed by atoms with Gasteiger partial charge in [-0.05, 0) is 42.3 Å². The first-order chi connectivity index (χ1) is 14.1. The van der Waals surface area contributed by atoms with Gasteiger partial charge in [-0.25, -0.2) is 30.0 Å². The van der Waals surface area contributed by atoms with Gasteiger partial charge in [-0.1, -0.05) is 12.1 Å². The molecule has 1 fully saturated rings. The van der Waals surface area contributed by atoms with Crippen LogP contribution in [0, 0.1) is 0 Å². The van der Waals surface area contributed by atoms with Gasteiger partial charge in [0.15, 0.2) is 31.2 Å². The van der Waals surface area contributed by atoms with Crippen molar-refractivity contribution < 1.29 is 34.7 Å². The van der Waals surface area contributed by atoms with E-state index in [9.17, 15) is 25.3 Å². The van der Waals surface area contributed by atoms with Crippen molar-refractivity contribution in [1.29, 1.82) is 0 Å². The van der Waals surface area contributed by atoms with Crippen molar-refractivity contribution in [3.63, 3.8) is 0 Å². The molecule has 0 spiro atoms. The minimum atomic E-state index is -4.01. The molecular formula is C18H19NO8S3. The molecule has 0 radical (unpaired) electrons. The van der Waals surface area contributed by atoms with Crippen LogP contribution < -0.4 is 14.2 Å². The highest BCUT2D eigenvalue weighted by Crippen LogP contribution is 2.32. The molecular weight excluding hydrogens is 454 g/mol. The molecule has 0 unspecified atom stereocenters. The van der Waals surface area contributed by atoms with Gasteiger partial charge >= 0.3 is 0 Å². The van der Waals surface area contributed by atoms with E-state index in [0.29, 0.717) is 17.1 Å². The van der Waals surface area contributed by atoms with Crippen LogP contribution >= 0.6 is 0 Å². The van der Waals surface area contributed by atoms with Crippen molar-refractivity contribution >= 4 is 29.7 Å². The maximum atomic E-state index is 12.8. The minimum absolute atomic E-state index is 0.00398. The first kappa shape index (κ1) is 21.1. The molecule has 0 aromatic heterocycles. The fourth-order valence-electron chi connectivity index (χ4n) is 3.33. The zero-order valence-corrected chi connectivity index (χ0v) is 18.1. The van der Waals surface area contributed by atoms with E-state index in [2.05, 4.69) is 4.72 Å². The quantitative estimate of drug-likeness (QED) is 0.653. The second kappa shape index (κ2) is 7.52. The summed E-state index contributed by atoms with van der Waals surface area (Å²) in [5.74, 6) is 0.459. The number of ether oxygens (including phenoxy) is 2. The Balaban J connectivity index is 1.54. The van der Waals surface area contributed by atoms with Gasteiger partial charge < -0.3 is 9.47 Å². The largest absolute Gasteiger partial charge is 0.454 e. The van der Waals surface area contributed by atoms with Crippen molar-refractivity contribution in [1.82, 2.24) is 4.72 Å². The Morgan fingerprint density at radius 3 is 2.43 bits per heavy atom. The SMILES string of the molecule is O=S1(=O)CC[C@H](S(=O)(=O)c2cccc(S(=O)(=O)NCc3ccc4c(c3)OCO4)c2)C1. The second-order valence-corrected chi connectivity index (χ2v) is 13.3. The molecule has 2 aromatic rings. The summed E-state index contributed by atoms with van der Waals surface area (Å²) in [6, 6.07) is 9.97. The molecule has 0 aliphatic carbocycles. The Bertz CT molecular complexity index is 1300. The minimum Gasteiger partial charge on any atom is -0.454 e. The standard InChI is InChI=1S/C18H19NO8S3/c20-28(21)7-6-16(11-28)29(22,23)14-2-1-3-15(9-14)30(24,25)19-10-13-4-5-17-18(8-13)27-12-26-17/h1-5,8-9,16,19H,6-7,10-12H2/t16-/m0/s1. The Labute approximate surface area is 174 Å². The first-order valence-corrected chi connectivity index (χ1v) is 13.8. The molecule has 0 bridgehead atoms. The highest BCUT2D eigenvalue weighted by Gasteiger charge is 2.38. The lowest BCUT2D eigenvalue weighted by atomic mass is 10.2. The van der Waals surface area contributed by atoms with Crippen molar-refractivity contribution in [2.24, 2.45) is 0 Å². The van der Waals surface area contributed by atoms with E-state index in [0.717, 1.165) is 6.07 Å². The molecule has 4 rings (SSSR count). The summed E-state index contributed by atoms with van der Waals surface area (Å²) < 4.78 is 87.1. The van der Waals surface area contributed by atoms with E-state index in [4.69, 9.17) is 9.47 Å². The molecule has 2 aromatic carbocycles. The normalized spacial score (nSPS) is 20.3. The van der Waals surface area contributed by atoms with Crippen LogP contribution in [0.15, 0.2) is 52.3 Å². The Morgan fingerprint density at radius 2 is 1.70 bits per heavy atom. The zero-order valence-electron chi connectivity index (χ0n) is 15.6. The molecule has 12 heteroatoms. The van der Waals surface area contributed by atoms with Gasteiger partial charge in [0.25, 0.3) is 0 Å². The summed E-state index contributed by atoms with van der Waals surface area (Å²) >= 11 is 0. The van der Waals surface area contributed by atoms with Crippen molar-refractivity contribution in [3.05, 3.63) is 48.0 Å². The average Bonchev–Trinajstić information content (AvgIpc) is 3.32. The van der Waals surface area contributed by atoms with Gasteiger partial charge in [0.1, 0.15) is 0 Å². The van der Waals surface area contributed by atoms with Gasteiger partial charge in [0.05, 0.1) is 26.5 Å². The summed E-state index contributed by atoms with van der Waals surface area (Å²) in [6.45, 7) is 0.0743.